The highest BCUT2D eigenvalue weighted by Gasteiger charge is 2.19. The van der Waals surface area contributed by atoms with Gasteiger partial charge in [0.25, 0.3) is 0 Å². The van der Waals surface area contributed by atoms with E-state index in [0.29, 0.717) is 17.5 Å². The highest BCUT2D eigenvalue weighted by Crippen LogP contribution is 2.45. The molecule has 0 bridgehead atoms. The van der Waals surface area contributed by atoms with Crippen LogP contribution in [0.1, 0.15) is 0 Å². The van der Waals surface area contributed by atoms with Gasteiger partial charge in [0.15, 0.2) is 17.5 Å². The number of nitrogens with zero attached hydrogens (tertiary/aromatic N) is 3. The lowest BCUT2D eigenvalue weighted by Gasteiger charge is -2.12. The summed E-state index contributed by atoms with van der Waals surface area (Å²) in [5.74, 6) is 1.97. The van der Waals surface area contributed by atoms with Crippen LogP contribution in [0.5, 0.6) is 0 Å². The average molecular weight is 718 g/mol. The first-order chi connectivity index (χ1) is 27.3. The number of hydrogen-bond donors (Lipinski definition) is 0. The zero-order valence-corrected chi connectivity index (χ0v) is 30.5. The van der Waals surface area contributed by atoms with Crippen molar-refractivity contribution in [2.75, 3.05) is 0 Å². The second-order valence-electron chi connectivity index (χ2n) is 13.9. The number of benzene rings is 9. The molecule has 0 aliphatic rings. The third-order valence-corrected chi connectivity index (χ3v) is 11.9. The standard InChI is InChI=1S/C51H31N3S/c1-3-13-32(14-4-1)33-25-27-35(28-26-33)50-52-49(34-15-5-2-6-16-34)53-51(54-50)44-23-12-24-46-47(44)43-22-11-21-37(48(43)55-46)36-29-30-42-40-19-8-7-17-38(40)39-18-9-10-20-41(39)45(42)31-36/h1-31H. The summed E-state index contributed by atoms with van der Waals surface area (Å²) in [4.78, 5) is 15.4. The molecule has 9 aromatic carbocycles. The molecular weight excluding hydrogens is 687 g/mol. The molecule has 0 aliphatic carbocycles. The minimum absolute atomic E-state index is 0.650. The number of thiophene rings is 1. The van der Waals surface area contributed by atoms with Gasteiger partial charge < -0.3 is 0 Å². The summed E-state index contributed by atoms with van der Waals surface area (Å²) in [6.45, 7) is 0. The lowest BCUT2D eigenvalue weighted by Crippen LogP contribution is -2.00. The fourth-order valence-electron chi connectivity index (χ4n) is 8.12. The Bertz CT molecular complexity index is 3210. The topological polar surface area (TPSA) is 38.7 Å². The van der Waals surface area contributed by atoms with Crippen LogP contribution in [0.15, 0.2) is 188 Å². The molecule has 0 aliphatic heterocycles. The molecule has 0 N–H and O–H groups in total. The maximum absolute atomic E-state index is 5.19. The van der Waals surface area contributed by atoms with Gasteiger partial charge >= 0.3 is 0 Å². The summed E-state index contributed by atoms with van der Waals surface area (Å²) in [6.07, 6.45) is 0. The van der Waals surface area contributed by atoms with Crippen molar-refractivity contribution in [3.8, 4) is 56.4 Å². The molecule has 11 aromatic rings. The Labute approximate surface area is 321 Å². The molecule has 3 nitrogen and oxygen atoms in total. The van der Waals surface area contributed by atoms with Crippen LogP contribution in [0.3, 0.4) is 0 Å². The zero-order chi connectivity index (χ0) is 36.3. The van der Waals surface area contributed by atoms with Crippen molar-refractivity contribution in [1.82, 2.24) is 15.0 Å². The Morgan fingerprint density at radius 3 is 1.42 bits per heavy atom. The Kier molecular flexibility index (Phi) is 7.35. The second-order valence-corrected chi connectivity index (χ2v) is 15.0. The van der Waals surface area contributed by atoms with Gasteiger partial charge in [-0.1, -0.05) is 176 Å². The van der Waals surface area contributed by atoms with Gasteiger partial charge in [-0.25, -0.2) is 15.0 Å². The van der Waals surface area contributed by atoms with Gasteiger partial charge in [0.1, 0.15) is 0 Å². The molecule has 0 saturated heterocycles. The highest BCUT2D eigenvalue weighted by atomic mass is 32.1. The molecule has 0 radical (unpaired) electrons. The summed E-state index contributed by atoms with van der Waals surface area (Å²) in [6, 6.07) is 66.8. The Balaban J connectivity index is 1.09. The minimum atomic E-state index is 0.650. The molecule has 0 saturated carbocycles. The zero-order valence-electron chi connectivity index (χ0n) is 29.6. The van der Waals surface area contributed by atoms with Crippen LogP contribution in [0.2, 0.25) is 0 Å². The maximum atomic E-state index is 5.19. The average Bonchev–Trinajstić information content (AvgIpc) is 3.66. The Morgan fingerprint density at radius 1 is 0.291 bits per heavy atom. The molecule has 0 spiro atoms. The molecule has 2 heterocycles. The first-order valence-corrected chi connectivity index (χ1v) is 19.3. The fraction of sp³-hybridized carbons (Fsp3) is 0. The van der Waals surface area contributed by atoms with Gasteiger partial charge in [-0.2, -0.15) is 0 Å². The normalized spacial score (nSPS) is 11.6. The number of rotatable bonds is 5. The molecule has 2 aromatic heterocycles. The molecule has 11 rings (SSSR count). The lowest BCUT2D eigenvalue weighted by molar-refractivity contribution is 1.08. The van der Waals surface area contributed by atoms with Gasteiger partial charge in [0, 0.05) is 36.9 Å². The monoisotopic (exact) mass is 717 g/mol. The van der Waals surface area contributed by atoms with E-state index in [1.165, 1.54) is 63.8 Å². The smallest absolute Gasteiger partial charge is 0.164 e. The third kappa shape index (κ3) is 5.30. The van der Waals surface area contributed by atoms with Gasteiger partial charge in [0.05, 0.1) is 0 Å². The van der Waals surface area contributed by atoms with Gasteiger partial charge in [-0.05, 0) is 66.7 Å². The quantitative estimate of drug-likeness (QED) is 0.166. The maximum Gasteiger partial charge on any atom is 0.164 e. The fourth-order valence-corrected chi connectivity index (χ4v) is 9.39. The van der Waals surface area contributed by atoms with Crippen molar-refractivity contribution in [1.29, 1.82) is 0 Å². The molecule has 0 atom stereocenters. The SMILES string of the molecule is c1ccc(-c2ccc(-c3nc(-c4ccccc4)nc(-c4cccc5sc6c(-c7ccc8c9ccccc9c9ccccc9c8c7)cccc6c45)n3)cc2)cc1. The molecule has 0 fully saturated rings. The van der Waals surface area contributed by atoms with E-state index in [4.69, 9.17) is 15.0 Å². The van der Waals surface area contributed by atoms with Crippen molar-refractivity contribution < 1.29 is 0 Å². The summed E-state index contributed by atoms with van der Waals surface area (Å²) in [5.41, 5.74) is 7.66. The van der Waals surface area contributed by atoms with Gasteiger partial charge in [-0.3, -0.25) is 0 Å². The third-order valence-electron chi connectivity index (χ3n) is 10.7. The van der Waals surface area contributed by atoms with Crippen LogP contribution in [-0.4, -0.2) is 15.0 Å². The first kappa shape index (κ1) is 31.5. The summed E-state index contributed by atoms with van der Waals surface area (Å²) in [7, 11) is 0. The van der Waals surface area contributed by atoms with Crippen LogP contribution in [0.25, 0.3) is 109 Å². The van der Waals surface area contributed by atoms with E-state index in [9.17, 15) is 0 Å². The number of aromatic nitrogens is 3. The summed E-state index contributed by atoms with van der Waals surface area (Å²) < 4.78 is 2.45. The predicted molar refractivity (Wildman–Crippen MR) is 232 cm³/mol. The Hall–Kier alpha value is -7.01. The lowest BCUT2D eigenvalue weighted by atomic mass is 9.92. The van der Waals surface area contributed by atoms with Crippen LogP contribution >= 0.6 is 11.3 Å². The van der Waals surface area contributed by atoms with Crippen molar-refractivity contribution in [2.24, 2.45) is 0 Å². The van der Waals surface area contributed by atoms with Crippen LogP contribution in [0.4, 0.5) is 0 Å². The molecule has 4 heteroatoms. The predicted octanol–water partition coefficient (Wildman–Crippen LogP) is 14.0. The van der Waals surface area contributed by atoms with E-state index in [-0.39, 0.29) is 0 Å². The van der Waals surface area contributed by atoms with Crippen molar-refractivity contribution in [3.05, 3.63) is 188 Å². The summed E-state index contributed by atoms with van der Waals surface area (Å²) >= 11 is 1.83. The minimum Gasteiger partial charge on any atom is -0.208 e. The number of hydrogen-bond acceptors (Lipinski definition) is 4. The van der Waals surface area contributed by atoms with E-state index in [1.807, 2.05) is 35.6 Å². The van der Waals surface area contributed by atoms with Crippen LogP contribution < -0.4 is 0 Å². The summed E-state index contributed by atoms with van der Waals surface area (Å²) in [5, 5.41) is 10.0. The van der Waals surface area contributed by atoms with Crippen molar-refractivity contribution in [2.45, 2.75) is 0 Å². The largest absolute Gasteiger partial charge is 0.208 e. The van der Waals surface area contributed by atoms with E-state index in [1.54, 1.807) is 0 Å². The van der Waals surface area contributed by atoms with E-state index in [0.717, 1.165) is 27.6 Å². The highest BCUT2D eigenvalue weighted by molar-refractivity contribution is 7.26. The molecule has 0 unspecified atom stereocenters. The van der Waals surface area contributed by atoms with E-state index < -0.39 is 0 Å². The molecule has 0 amide bonds. The van der Waals surface area contributed by atoms with Crippen molar-refractivity contribution >= 4 is 63.8 Å². The first-order valence-electron chi connectivity index (χ1n) is 18.5. The van der Waals surface area contributed by atoms with Crippen molar-refractivity contribution in [3.63, 3.8) is 0 Å². The second kappa shape index (κ2) is 12.8. The van der Waals surface area contributed by atoms with Crippen LogP contribution in [-0.2, 0) is 0 Å². The van der Waals surface area contributed by atoms with Gasteiger partial charge in [-0.15, -0.1) is 11.3 Å². The Morgan fingerprint density at radius 2 is 0.745 bits per heavy atom. The molecule has 55 heavy (non-hydrogen) atoms. The molecule has 256 valence electrons. The van der Waals surface area contributed by atoms with E-state index >= 15 is 0 Å². The molecular formula is C51H31N3S. The van der Waals surface area contributed by atoms with Gasteiger partial charge in [0.2, 0.25) is 0 Å². The van der Waals surface area contributed by atoms with E-state index in [2.05, 4.69) is 164 Å². The number of fused-ring (bicyclic) bond motifs is 9. The van der Waals surface area contributed by atoms with Crippen LogP contribution in [0, 0.1) is 0 Å².